The number of ether oxygens (including phenoxy) is 1. The summed E-state index contributed by atoms with van der Waals surface area (Å²) >= 11 is 3.30. The second-order valence-electron chi connectivity index (χ2n) is 8.53. The van der Waals surface area contributed by atoms with Gasteiger partial charge in [0.25, 0.3) is 5.91 Å². The van der Waals surface area contributed by atoms with E-state index in [0.717, 1.165) is 41.7 Å². The average molecular weight is 561 g/mol. The lowest BCUT2D eigenvalue weighted by molar-refractivity contribution is 0.0900. The normalized spacial score (nSPS) is 15.8. The van der Waals surface area contributed by atoms with E-state index in [1.165, 1.54) is 37.1 Å². The van der Waals surface area contributed by atoms with E-state index >= 15 is 0 Å². The lowest BCUT2D eigenvalue weighted by Gasteiger charge is -2.31. The zero-order chi connectivity index (χ0) is 24.8. The van der Waals surface area contributed by atoms with Crippen LogP contribution in [-0.2, 0) is 9.84 Å². The molecule has 1 aliphatic rings. The summed E-state index contributed by atoms with van der Waals surface area (Å²) in [5.74, 6) is 0.295. The van der Waals surface area contributed by atoms with Crippen LogP contribution >= 0.6 is 15.9 Å². The molecule has 186 valence electrons. The van der Waals surface area contributed by atoms with Crippen LogP contribution in [0.15, 0.2) is 79.5 Å². The molecule has 2 aromatic carbocycles. The first-order chi connectivity index (χ1) is 16.9. The molecule has 7 nitrogen and oxygen atoms in total. The minimum absolute atomic E-state index is 0.0103. The third kappa shape index (κ3) is 6.15. The molecule has 4 rings (SSSR count). The topological polar surface area (TPSA) is 88.8 Å². The number of furan rings is 1. The zero-order valence-electron chi connectivity index (χ0n) is 19.6. The molecular weight excluding hydrogens is 532 g/mol. The highest BCUT2D eigenvalue weighted by atomic mass is 79.9. The van der Waals surface area contributed by atoms with Crippen molar-refractivity contribution in [1.82, 2.24) is 10.2 Å². The minimum Gasteiger partial charge on any atom is -0.497 e. The van der Waals surface area contributed by atoms with Crippen molar-refractivity contribution in [2.45, 2.75) is 41.7 Å². The number of methoxy groups -OCH3 is 1. The van der Waals surface area contributed by atoms with E-state index in [-0.39, 0.29) is 21.8 Å². The van der Waals surface area contributed by atoms with Crippen molar-refractivity contribution in [1.29, 1.82) is 0 Å². The number of amides is 1. The standard InChI is InChI=1S/C26H29BrN2O5S/c1-33-21-10-6-19(7-11-21)23(29-16-4-2-3-5-17-29)18-28-26(30)24-14-15-25(34-24)35(31,32)22-12-8-20(27)9-13-22/h6-15,23H,2-5,16-18H2,1H3,(H,28,30). The number of rotatable bonds is 8. The highest BCUT2D eigenvalue weighted by molar-refractivity contribution is 9.10. The molecule has 0 radical (unpaired) electrons. The summed E-state index contributed by atoms with van der Waals surface area (Å²) in [7, 11) is -2.22. The summed E-state index contributed by atoms with van der Waals surface area (Å²) in [5, 5.41) is 2.69. The minimum atomic E-state index is -3.86. The SMILES string of the molecule is COc1ccc(C(CNC(=O)c2ccc(S(=O)(=O)c3ccc(Br)cc3)o2)N2CCCCCC2)cc1. The summed E-state index contributed by atoms with van der Waals surface area (Å²) in [6.45, 7) is 2.30. The maximum absolute atomic E-state index is 12.9. The number of hydrogen-bond donors (Lipinski definition) is 1. The third-order valence-electron chi connectivity index (χ3n) is 6.23. The lowest BCUT2D eigenvalue weighted by atomic mass is 10.0. The molecule has 1 atom stereocenters. The number of likely N-dealkylation sites (tertiary alicyclic amines) is 1. The lowest BCUT2D eigenvalue weighted by Crippen LogP contribution is -2.38. The molecule has 1 unspecified atom stereocenters. The second-order valence-corrected chi connectivity index (χ2v) is 11.3. The number of halogens is 1. The van der Waals surface area contributed by atoms with Gasteiger partial charge in [-0.1, -0.05) is 40.9 Å². The van der Waals surface area contributed by atoms with E-state index in [2.05, 4.69) is 26.1 Å². The van der Waals surface area contributed by atoms with E-state index in [1.54, 1.807) is 19.2 Å². The fraction of sp³-hybridized carbons (Fsp3) is 0.346. The van der Waals surface area contributed by atoms with Gasteiger partial charge in [0.05, 0.1) is 18.0 Å². The molecule has 9 heteroatoms. The monoisotopic (exact) mass is 560 g/mol. The van der Waals surface area contributed by atoms with E-state index in [9.17, 15) is 13.2 Å². The number of benzene rings is 2. The van der Waals surface area contributed by atoms with Gasteiger partial charge in [-0.05, 0) is 80.0 Å². The van der Waals surface area contributed by atoms with Gasteiger partial charge < -0.3 is 14.5 Å². The van der Waals surface area contributed by atoms with Crippen molar-refractivity contribution >= 4 is 31.7 Å². The third-order valence-corrected chi connectivity index (χ3v) is 8.40. The van der Waals surface area contributed by atoms with Gasteiger partial charge in [-0.3, -0.25) is 9.69 Å². The van der Waals surface area contributed by atoms with Crippen molar-refractivity contribution in [2.75, 3.05) is 26.7 Å². The Hall–Kier alpha value is -2.62. The van der Waals surface area contributed by atoms with Gasteiger partial charge in [0.1, 0.15) is 5.75 Å². The van der Waals surface area contributed by atoms with Gasteiger partial charge in [-0.15, -0.1) is 0 Å². The Morgan fingerprint density at radius 1 is 1.00 bits per heavy atom. The molecule has 1 N–H and O–H groups in total. The van der Waals surface area contributed by atoms with Gasteiger partial charge in [0.2, 0.25) is 14.9 Å². The summed E-state index contributed by atoms with van der Waals surface area (Å²) in [6, 6.07) is 16.9. The van der Waals surface area contributed by atoms with Crippen molar-refractivity contribution in [3.05, 3.63) is 76.5 Å². The maximum Gasteiger partial charge on any atom is 0.287 e. The predicted molar refractivity (Wildman–Crippen MR) is 136 cm³/mol. The maximum atomic E-state index is 12.9. The number of carbonyl (C=O) groups is 1. The van der Waals surface area contributed by atoms with Crippen LogP contribution in [-0.4, -0.2) is 46.0 Å². The van der Waals surface area contributed by atoms with Gasteiger partial charge in [-0.25, -0.2) is 8.42 Å². The van der Waals surface area contributed by atoms with E-state index < -0.39 is 15.7 Å². The molecule has 0 saturated carbocycles. The van der Waals surface area contributed by atoms with E-state index in [0.29, 0.717) is 6.54 Å². The molecule has 0 spiro atoms. The summed E-state index contributed by atoms with van der Waals surface area (Å²) < 4.78 is 37.3. The molecule has 1 aromatic heterocycles. The predicted octanol–water partition coefficient (Wildman–Crippen LogP) is 5.23. The Morgan fingerprint density at radius 3 is 2.29 bits per heavy atom. The summed E-state index contributed by atoms with van der Waals surface area (Å²) in [6.07, 6.45) is 4.66. The largest absolute Gasteiger partial charge is 0.497 e. The van der Waals surface area contributed by atoms with Gasteiger partial charge in [0.15, 0.2) is 5.76 Å². The first-order valence-corrected chi connectivity index (χ1v) is 13.9. The highest BCUT2D eigenvalue weighted by Crippen LogP contribution is 2.27. The Bertz CT molecular complexity index is 1230. The molecule has 1 amide bonds. The fourth-order valence-corrected chi connectivity index (χ4v) is 5.72. The molecule has 0 aliphatic carbocycles. The Morgan fingerprint density at radius 2 is 1.66 bits per heavy atom. The average Bonchev–Trinajstić information content (AvgIpc) is 3.23. The quantitative estimate of drug-likeness (QED) is 0.405. The number of carbonyl (C=O) groups excluding carboxylic acids is 1. The van der Waals surface area contributed by atoms with Gasteiger partial charge >= 0.3 is 0 Å². The van der Waals surface area contributed by atoms with Crippen LogP contribution in [0.5, 0.6) is 5.75 Å². The first kappa shape index (κ1) is 25.5. The molecule has 2 heterocycles. The number of nitrogens with one attached hydrogen (secondary N) is 1. The van der Waals surface area contributed by atoms with Crippen LogP contribution in [0.1, 0.15) is 47.8 Å². The molecule has 35 heavy (non-hydrogen) atoms. The van der Waals surface area contributed by atoms with E-state index in [4.69, 9.17) is 9.15 Å². The first-order valence-electron chi connectivity index (χ1n) is 11.6. The van der Waals surface area contributed by atoms with Crippen LogP contribution in [0, 0.1) is 0 Å². The van der Waals surface area contributed by atoms with Crippen LogP contribution in [0.2, 0.25) is 0 Å². The van der Waals surface area contributed by atoms with Crippen molar-refractivity contribution in [2.24, 2.45) is 0 Å². The van der Waals surface area contributed by atoms with Crippen LogP contribution < -0.4 is 10.1 Å². The van der Waals surface area contributed by atoms with Crippen LogP contribution in [0.25, 0.3) is 0 Å². The van der Waals surface area contributed by atoms with Crippen LogP contribution in [0.4, 0.5) is 0 Å². The van der Waals surface area contributed by atoms with Gasteiger partial charge in [0, 0.05) is 11.0 Å². The second kappa shape index (κ2) is 11.4. The number of nitrogens with zero attached hydrogens (tertiary/aromatic N) is 1. The van der Waals surface area contributed by atoms with Crippen molar-refractivity contribution in [3.63, 3.8) is 0 Å². The Balaban J connectivity index is 1.49. The van der Waals surface area contributed by atoms with Crippen molar-refractivity contribution in [3.8, 4) is 5.75 Å². The summed E-state index contributed by atoms with van der Waals surface area (Å²) in [4.78, 5) is 15.4. The fourth-order valence-electron chi connectivity index (χ4n) is 4.28. The smallest absolute Gasteiger partial charge is 0.287 e. The Labute approximate surface area is 214 Å². The molecule has 0 bridgehead atoms. The van der Waals surface area contributed by atoms with Crippen LogP contribution in [0.3, 0.4) is 0 Å². The molecular formula is C26H29BrN2O5S. The molecule has 1 fully saturated rings. The Kier molecular flexibility index (Phi) is 8.30. The molecule has 1 saturated heterocycles. The molecule has 1 aliphatic heterocycles. The zero-order valence-corrected chi connectivity index (χ0v) is 22.0. The van der Waals surface area contributed by atoms with E-state index in [1.807, 2.05) is 24.3 Å². The summed E-state index contributed by atoms with van der Waals surface area (Å²) in [5.41, 5.74) is 1.09. The van der Waals surface area contributed by atoms with Gasteiger partial charge in [-0.2, -0.15) is 0 Å². The van der Waals surface area contributed by atoms with Crippen molar-refractivity contribution < 1.29 is 22.4 Å². The number of sulfone groups is 1. The molecule has 3 aromatic rings. The highest BCUT2D eigenvalue weighted by Gasteiger charge is 2.26. The number of hydrogen-bond acceptors (Lipinski definition) is 6.